The number of ether oxygens (including phenoxy) is 1. The summed E-state index contributed by atoms with van der Waals surface area (Å²) in [4.78, 5) is 0. The molecule has 0 spiro atoms. The monoisotopic (exact) mass is 335 g/mol. The summed E-state index contributed by atoms with van der Waals surface area (Å²) in [6, 6.07) is 2.29. The fraction of sp³-hybridized carbons (Fsp3) is 0.571. The number of methoxy groups -OCH3 is 1. The maximum absolute atomic E-state index is 14.0. The number of hydrogen-bond donors (Lipinski definition) is 1. The fourth-order valence-electron chi connectivity index (χ4n) is 1.99. The van der Waals surface area contributed by atoms with Crippen molar-refractivity contribution in [3.05, 3.63) is 33.8 Å². The average Bonchev–Trinajstić information content (AvgIpc) is 2.34. The molecule has 1 atom stereocenters. The largest absolute Gasteiger partial charge is 0.385 e. The van der Waals surface area contributed by atoms with Crippen molar-refractivity contribution in [2.24, 2.45) is 0 Å². The molecule has 0 fully saturated rings. The minimum absolute atomic E-state index is 0.118. The van der Waals surface area contributed by atoms with Crippen LogP contribution in [0.25, 0.3) is 0 Å². The van der Waals surface area contributed by atoms with E-state index in [1.54, 1.807) is 7.11 Å². The van der Waals surface area contributed by atoms with Crippen LogP contribution in [0.5, 0.6) is 0 Å². The van der Waals surface area contributed by atoms with Crippen molar-refractivity contribution >= 4 is 15.9 Å². The lowest BCUT2D eigenvalue weighted by atomic mass is 10.0. The van der Waals surface area contributed by atoms with E-state index in [9.17, 15) is 8.78 Å². The number of halogens is 3. The SMILES string of the molecule is CCCNC(CCCOC)c1c(F)cc(Br)cc1F. The summed E-state index contributed by atoms with van der Waals surface area (Å²) in [6.45, 7) is 3.34. The first-order valence-electron chi connectivity index (χ1n) is 6.46. The van der Waals surface area contributed by atoms with Crippen molar-refractivity contribution in [3.63, 3.8) is 0 Å². The summed E-state index contributed by atoms with van der Waals surface area (Å²) in [5, 5.41) is 3.19. The van der Waals surface area contributed by atoms with Crippen LogP contribution in [0.4, 0.5) is 8.78 Å². The second-order valence-electron chi connectivity index (χ2n) is 4.42. The molecule has 0 amide bonds. The quantitative estimate of drug-likeness (QED) is 0.719. The van der Waals surface area contributed by atoms with Crippen LogP contribution in [0.1, 0.15) is 37.8 Å². The Morgan fingerprint density at radius 2 is 1.95 bits per heavy atom. The van der Waals surface area contributed by atoms with E-state index in [1.807, 2.05) is 6.92 Å². The van der Waals surface area contributed by atoms with Gasteiger partial charge >= 0.3 is 0 Å². The van der Waals surface area contributed by atoms with Gasteiger partial charge in [0.2, 0.25) is 0 Å². The Morgan fingerprint density at radius 1 is 1.32 bits per heavy atom. The minimum atomic E-state index is -0.516. The number of benzene rings is 1. The van der Waals surface area contributed by atoms with Crippen LogP contribution < -0.4 is 5.32 Å². The molecule has 0 aliphatic rings. The van der Waals surface area contributed by atoms with E-state index in [2.05, 4.69) is 21.2 Å². The molecule has 108 valence electrons. The Hall–Kier alpha value is -0.520. The molecule has 1 aromatic carbocycles. The second kappa shape index (κ2) is 8.61. The van der Waals surface area contributed by atoms with Crippen molar-refractivity contribution in [1.29, 1.82) is 0 Å². The molecule has 0 radical (unpaired) electrons. The van der Waals surface area contributed by atoms with E-state index in [-0.39, 0.29) is 11.6 Å². The van der Waals surface area contributed by atoms with E-state index < -0.39 is 11.6 Å². The van der Waals surface area contributed by atoms with Crippen molar-refractivity contribution in [2.45, 2.75) is 32.2 Å². The van der Waals surface area contributed by atoms with Gasteiger partial charge in [0.15, 0.2) is 0 Å². The van der Waals surface area contributed by atoms with Crippen LogP contribution in [0.3, 0.4) is 0 Å². The molecule has 1 aromatic rings. The molecule has 0 bridgehead atoms. The fourth-order valence-corrected chi connectivity index (χ4v) is 2.39. The van der Waals surface area contributed by atoms with Crippen LogP contribution in [0.15, 0.2) is 16.6 Å². The maximum Gasteiger partial charge on any atom is 0.132 e. The summed E-state index contributed by atoms with van der Waals surface area (Å²) in [7, 11) is 1.62. The summed E-state index contributed by atoms with van der Waals surface area (Å²) in [5.41, 5.74) is 0.118. The third-order valence-electron chi connectivity index (χ3n) is 2.87. The van der Waals surface area contributed by atoms with Crippen molar-refractivity contribution < 1.29 is 13.5 Å². The van der Waals surface area contributed by atoms with E-state index in [4.69, 9.17) is 4.74 Å². The molecule has 1 rings (SSSR count). The van der Waals surface area contributed by atoms with E-state index in [0.29, 0.717) is 17.5 Å². The van der Waals surface area contributed by atoms with Gasteiger partial charge in [-0.2, -0.15) is 0 Å². The van der Waals surface area contributed by atoms with Gasteiger partial charge in [0.1, 0.15) is 11.6 Å². The molecule has 2 nitrogen and oxygen atoms in total. The van der Waals surface area contributed by atoms with Crippen LogP contribution in [0, 0.1) is 11.6 Å². The molecular formula is C14H20BrF2NO. The molecular weight excluding hydrogens is 316 g/mol. The number of nitrogens with one attached hydrogen (secondary N) is 1. The van der Waals surface area contributed by atoms with Gasteiger partial charge in [-0.05, 0) is 37.9 Å². The Labute approximate surface area is 121 Å². The smallest absolute Gasteiger partial charge is 0.132 e. The lowest BCUT2D eigenvalue weighted by molar-refractivity contribution is 0.188. The van der Waals surface area contributed by atoms with Gasteiger partial charge in [-0.25, -0.2) is 8.78 Å². The molecule has 0 saturated carbocycles. The zero-order valence-corrected chi connectivity index (χ0v) is 12.9. The molecule has 0 aliphatic heterocycles. The van der Waals surface area contributed by atoms with Gasteiger partial charge in [0.25, 0.3) is 0 Å². The predicted molar refractivity (Wildman–Crippen MR) is 76.2 cm³/mol. The number of rotatable bonds is 8. The van der Waals surface area contributed by atoms with Crippen LogP contribution in [-0.2, 0) is 4.74 Å². The van der Waals surface area contributed by atoms with E-state index in [0.717, 1.165) is 19.4 Å². The molecule has 1 N–H and O–H groups in total. The van der Waals surface area contributed by atoms with Gasteiger partial charge in [-0.15, -0.1) is 0 Å². The normalized spacial score (nSPS) is 12.7. The molecule has 0 saturated heterocycles. The van der Waals surface area contributed by atoms with E-state index >= 15 is 0 Å². The zero-order chi connectivity index (χ0) is 14.3. The third kappa shape index (κ3) is 5.16. The first-order valence-corrected chi connectivity index (χ1v) is 7.26. The molecule has 0 aromatic heterocycles. The summed E-state index contributed by atoms with van der Waals surface area (Å²) in [6.07, 6.45) is 2.32. The first kappa shape index (κ1) is 16.5. The first-order chi connectivity index (χ1) is 9.10. The number of hydrogen-bond acceptors (Lipinski definition) is 2. The van der Waals surface area contributed by atoms with Crippen molar-refractivity contribution in [1.82, 2.24) is 5.32 Å². The topological polar surface area (TPSA) is 21.3 Å². The Balaban J connectivity index is 2.89. The molecule has 19 heavy (non-hydrogen) atoms. The Kier molecular flexibility index (Phi) is 7.49. The molecule has 1 unspecified atom stereocenters. The predicted octanol–water partition coefficient (Wildman–Crippen LogP) is 4.19. The van der Waals surface area contributed by atoms with Crippen molar-refractivity contribution in [3.8, 4) is 0 Å². The zero-order valence-electron chi connectivity index (χ0n) is 11.3. The van der Waals surface area contributed by atoms with Crippen LogP contribution in [0.2, 0.25) is 0 Å². The third-order valence-corrected chi connectivity index (χ3v) is 3.33. The summed E-state index contributed by atoms with van der Waals surface area (Å²) < 4.78 is 33.3. The second-order valence-corrected chi connectivity index (χ2v) is 5.34. The molecule has 0 aliphatic carbocycles. The average molecular weight is 336 g/mol. The van der Waals surface area contributed by atoms with Gasteiger partial charge in [0, 0.05) is 29.8 Å². The highest BCUT2D eigenvalue weighted by atomic mass is 79.9. The molecule has 0 heterocycles. The Bertz CT molecular complexity index is 378. The standard InChI is InChI=1S/C14H20BrF2NO/c1-3-6-18-13(5-4-7-19-2)14-11(16)8-10(15)9-12(14)17/h8-9,13,18H,3-7H2,1-2H3. The van der Waals surface area contributed by atoms with Gasteiger partial charge < -0.3 is 10.1 Å². The Morgan fingerprint density at radius 3 is 2.47 bits per heavy atom. The van der Waals surface area contributed by atoms with Gasteiger partial charge in [0.05, 0.1) is 0 Å². The van der Waals surface area contributed by atoms with Gasteiger partial charge in [-0.1, -0.05) is 22.9 Å². The highest BCUT2D eigenvalue weighted by Crippen LogP contribution is 2.27. The van der Waals surface area contributed by atoms with Gasteiger partial charge in [-0.3, -0.25) is 0 Å². The maximum atomic E-state index is 14.0. The van der Waals surface area contributed by atoms with Crippen LogP contribution in [-0.4, -0.2) is 20.3 Å². The van der Waals surface area contributed by atoms with Crippen molar-refractivity contribution in [2.75, 3.05) is 20.3 Å². The lowest BCUT2D eigenvalue weighted by Crippen LogP contribution is -2.24. The molecule has 5 heteroatoms. The van der Waals surface area contributed by atoms with E-state index in [1.165, 1.54) is 12.1 Å². The van der Waals surface area contributed by atoms with Crippen LogP contribution >= 0.6 is 15.9 Å². The lowest BCUT2D eigenvalue weighted by Gasteiger charge is -2.20. The highest BCUT2D eigenvalue weighted by molar-refractivity contribution is 9.10. The minimum Gasteiger partial charge on any atom is -0.385 e. The summed E-state index contributed by atoms with van der Waals surface area (Å²) in [5.74, 6) is -1.03. The summed E-state index contributed by atoms with van der Waals surface area (Å²) >= 11 is 3.09. The highest BCUT2D eigenvalue weighted by Gasteiger charge is 2.20.